The molecule has 0 heterocycles. The van der Waals surface area contributed by atoms with Crippen molar-refractivity contribution < 1.29 is 19.4 Å². The topological polar surface area (TPSA) is 113 Å². The third kappa shape index (κ3) is 3.66. The summed E-state index contributed by atoms with van der Waals surface area (Å²) in [6.45, 7) is 9.92. The number of esters is 1. The molecule has 1 aromatic carbocycles. The molecule has 1 rings (SSSR count). The van der Waals surface area contributed by atoms with Gasteiger partial charge in [0.1, 0.15) is 0 Å². The van der Waals surface area contributed by atoms with Crippen LogP contribution < -0.4 is 4.74 Å². The molecule has 8 nitrogen and oxygen atoms in total. The highest BCUT2D eigenvalue weighted by molar-refractivity contribution is 5.89. The summed E-state index contributed by atoms with van der Waals surface area (Å²) in [7, 11) is 0. The van der Waals surface area contributed by atoms with Crippen molar-refractivity contribution in [2.24, 2.45) is 0 Å². The highest BCUT2D eigenvalue weighted by atomic mass is 16.6. The number of non-ortho nitro benzene ring substituents is 1. The Morgan fingerprint density at radius 3 is 2.09 bits per heavy atom. The number of benzene rings is 1. The Morgan fingerprint density at radius 1 is 1.18 bits per heavy atom. The van der Waals surface area contributed by atoms with Crippen molar-refractivity contribution in [1.82, 2.24) is 0 Å². The largest absolute Gasteiger partial charge is 0.415 e. The summed E-state index contributed by atoms with van der Waals surface area (Å²) in [5, 5.41) is 22.2. The number of nitrogens with zero attached hydrogens (tertiary/aromatic N) is 2. The Morgan fingerprint density at radius 2 is 1.73 bits per heavy atom. The lowest BCUT2D eigenvalue weighted by atomic mass is 9.85. The van der Waals surface area contributed by atoms with Crippen LogP contribution in [0.2, 0.25) is 0 Å². The molecule has 0 aliphatic carbocycles. The van der Waals surface area contributed by atoms with Crippen LogP contribution in [0, 0.1) is 20.2 Å². The van der Waals surface area contributed by atoms with Crippen molar-refractivity contribution in [3.05, 3.63) is 50.1 Å². The minimum absolute atomic E-state index is 0.0625. The third-order valence-corrected chi connectivity index (χ3v) is 2.81. The molecule has 0 aliphatic rings. The summed E-state index contributed by atoms with van der Waals surface area (Å²) in [6.07, 6.45) is 0. The number of hydrogen-bond donors (Lipinski definition) is 0. The lowest BCUT2D eigenvalue weighted by Crippen LogP contribution is -2.18. The van der Waals surface area contributed by atoms with Gasteiger partial charge in [0.25, 0.3) is 5.69 Å². The van der Waals surface area contributed by atoms with Gasteiger partial charge in [-0.05, 0) is 12.3 Å². The molecule has 0 saturated heterocycles. The molecule has 22 heavy (non-hydrogen) atoms. The quantitative estimate of drug-likeness (QED) is 0.277. The Kier molecular flexibility index (Phi) is 4.65. The monoisotopic (exact) mass is 308 g/mol. The molecule has 8 heteroatoms. The van der Waals surface area contributed by atoms with Crippen molar-refractivity contribution in [2.75, 3.05) is 0 Å². The van der Waals surface area contributed by atoms with Gasteiger partial charge in [0, 0.05) is 17.2 Å². The maximum atomic E-state index is 11.7. The number of carbonyl (C=O) groups is 1. The third-order valence-electron chi connectivity index (χ3n) is 2.81. The first-order valence-corrected chi connectivity index (χ1v) is 6.30. The van der Waals surface area contributed by atoms with Gasteiger partial charge in [0.05, 0.1) is 15.9 Å². The number of nitro groups is 2. The molecule has 0 aromatic heterocycles. The van der Waals surface area contributed by atoms with Gasteiger partial charge in [-0.15, -0.1) is 0 Å². The molecule has 0 aliphatic heterocycles. The summed E-state index contributed by atoms with van der Waals surface area (Å²) < 4.78 is 5.06. The van der Waals surface area contributed by atoms with E-state index in [4.69, 9.17) is 4.74 Å². The van der Waals surface area contributed by atoms with E-state index in [-0.39, 0.29) is 16.9 Å². The summed E-state index contributed by atoms with van der Waals surface area (Å²) >= 11 is 0. The molecule has 0 atom stereocenters. The first kappa shape index (κ1) is 17.3. The van der Waals surface area contributed by atoms with Crippen LogP contribution in [-0.4, -0.2) is 15.8 Å². The van der Waals surface area contributed by atoms with E-state index in [1.165, 1.54) is 13.0 Å². The van der Waals surface area contributed by atoms with E-state index in [1.54, 1.807) is 20.8 Å². The number of nitro benzene ring substituents is 2. The lowest BCUT2D eigenvalue weighted by molar-refractivity contribution is -0.394. The van der Waals surface area contributed by atoms with E-state index >= 15 is 0 Å². The van der Waals surface area contributed by atoms with E-state index < -0.39 is 32.6 Å². The molecule has 0 N–H and O–H groups in total. The zero-order valence-electron chi connectivity index (χ0n) is 12.7. The second kappa shape index (κ2) is 5.92. The normalized spacial score (nSPS) is 10.9. The lowest BCUT2D eigenvalue weighted by Gasteiger charge is -2.21. The van der Waals surface area contributed by atoms with Crippen molar-refractivity contribution in [3.63, 3.8) is 0 Å². The van der Waals surface area contributed by atoms with E-state index in [1.807, 2.05) is 0 Å². The van der Waals surface area contributed by atoms with Gasteiger partial charge >= 0.3 is 11.7 Å². The molecular weight excluding hydrogens is 292 g/mol. The van der Waals surface area contributed by atoms with Gasteiger partial charge in [0.2, 0.25) is 5.75 Å². The number of ether oxygens (including phenoxy) is 1. The van der Waals surface area contributed by atoms with Crippen molar-refractivity contribution in [3.8, 4) is 5.75 Å². The highest BCUT2D eigenvalue weighted by Gasteiger charge is 2.32. The van der Waals surface area contributed by atoms with E-state index in [0.717, 1.165) is 6.07 Å². The van der Waals surface area contributed by atoms with Crippen molar-refractivity contribution >= 4 is 17.3 Å². The van der Waals surface area contributed by atoms with Crippen molar-refractivity contribution in [2.45, 2.75) is 33.1 Å². The Bertz CT molecular complexity index is 673. The molecule has 0 fully saturated rings. The Balaban J connectivity index is 3.69. The van der Waals surface area contributed by atoms with Gasteiger partial charge < -0.3 is 4.74 Å². The standard InChI is InChI=1S/C14H16N2O6/c1-8(2)13(17)22-12-10(14(3,4)5)6-9(15(18)19)7-11(12)16(20)21/h6-7H,1H2,2-5H3. The average Bonchev–Trinajstić information content (AvgIpc) is 2.36. The van der Waals surface area contributed by atoms with Gasteiger partial charge in [-0.25, -0.2) is 4.79 Å². The SMILES string of the molecule is C=C(C)C(=O)Oc1c([N+](=O)[O-])cc([N+](=O)[O-])cc1C(C)(C)C. The predicted octanol–water partition coefficient (Wildman–Crippen LogP) is 3.28. The molecule has 0 amide bonds. The average molecular weight is 308 g/mol. The molecular formula is C14H16N2O6. The van der Waals surface area contributed by atoms with Crippen LogP contribution >= 0.6 is 0 Å². The summed E-state index contributed by atoms with van der Waals surface area (Å²) in [5.41, 5.74) is -1.52. The minimum Gasteiger partial charge on any atom is -0.415 e. The van der Waals surface area contributed by atoms with Crippen LogP contribution in [0.1, 0.15) is 33.3 Å². The van der Waals surface area contributed by atoms with E-state index in [0.29, 0.717) is 0 Å². The molecule has 1 aromatic rings. The van der Waals surface area contributed by atoms with Crippen LogP contribution in [0.4, 0.5) is 11.4 Å². The second-order valence-corrected chi connectivity index (χ2v) is 5.78. The minimum atomic E-state index is -0.831. The Hall–Kier alpha value is -2.77. The second-order valence-electron chi connectivity index (χ2n) is 5.78. The smallest absolute Gasteiger partial charge is 0.338 e. The van der Waals surface area contributed by atoms with Crippen LogP contribution in [-0.2, 0) is 10.2 Å². The summed E-state index contributed by atoms with van der Waals surface area (Å²) in [4.78, 5) is 32.3. The maximum absolute atomic E-state index is 11.7. The highest BCUT2D eigenvalue weighted by Crippen LogP contribution is 2.41. The Labute approximate surface area is 126 Å². The van der Waals surface area contributed by atoms with E-state index in [2.05, 4.69) is 6.58 Å². The molecule has 0 saturated carbocycles. The predicted molar refractivity (Wildman–Crippen MR) is 78.9 cm³/mol. The zero-order chi connectivity index (χ0) is 17.2. The van der Waals surface area contributed by atoms with Crippen molar-refractivity contribution in [1.29, 1.82) is 0 Å². The number of carbonyl (C=O) groups excluding carboxylic acids is 1. The molecule has 0 spiro atoms. The summed E-state index contributed by atoms with van der Waals surface area (Å²) in [5.74, 6) is -1.13. The molecule has 118 valence electrons. The van der Waals surface area contributed by atoms with Gasteiger partial charge in [-0.1, -0.05) is 27.4 Å². The van der Waals surface area contributed by atoms with Crippen LogP contribution in [0.25, 0.3) is 0 Å². The molecule has 0 radical (unpaired) electrons. The first-order valence-electron chi connectivity index (χ1n) is 6.30. The fraction of sp³-hybridized carbons (Fsp3) is 0.357. The summed E-state index contributed by atoms with van der Waals surface area (Å²) in [6, 6.07) is 1.95. The maximum Gasteiger partial charge on any atom is 0.338 e. The number of hydrogen-bond acceptors (Lipinski definition) is 6. The van der Waals surface area contributed by atoms with Crippen LogP contribution in [0.5, 0.6) is 5.75 Å². The van der Waals surface area contributed by atoms with Gasteiger partial charge in [0.15, 0.2) is 0 Å². The molecule has 0 bridgehead atoms. The fourth-order valence-electron chi connectivity index (χ4n) is 1.68. The van der Waals surface area contributed by atoms with Crippen LogP contribution in [0.3, 0.4) is 0 Å². The van der Waals surface area contributed by atoms with Gasteiger partial charge in [-0.2, -0.15) is 0 Å². The fourth-order valence-corrected chi connectivity index (χ4v) is 1.68. The van der Waals surface area contributed by atoms with Gasteiger partial charge in [-0.3, -0.25) is 20.2 Å². The van der Waals surface area contributed by atoms with E-state index in [9.17, 15) is 25.0 Å². The number of rotatable bonds is 4. The first-order chi connectivity index (χ1) is 9.95. The molecule has 0 unspecified atom stereocenters. The van der Waals surface area contributed by atoms with Crippen LogP contribution in [0.15, 0.2) is 24.3 Å². The zero-order valence-corrected chi connectivity index (χ0v) is 12.7.